The maximum Gasteiger partial charge on any atom is 0.119 e. The second-order valence-electron chi connectivity index (χ2n) is 4.91. The van der Waals surface area contributed by atoms with Gasteiger partial charge in [-0.1, -0.05) is 12.1 Å². The van der Waals surface area contributed by atoms with Crippen molar-refractivity contribution in [3.8, 4) is 5.75 Å². The molecule has 0 saturated carbocycles. The van der Waals surface area contributed by atoms with Crippen LogP contribution in [-0.2, 0) is 6.54 Å². The summed E-state index contributed by atoms with van der Waals surface area (Å²) in [5.74, 6) is 0.883. The van der Waals surface area contributed by atoms with E-state index in [-0.39, 0.29) is 0 Å². The molecule has 0 aliphatic heterocycles. The summed E-state index contributed by atoms with van der Waals surface area (Å²) in [7, 11) is 1.68. The Labute approximate surface area is 114 Å². The van der Waals surface area contributed by atoms with Crippen LogP contribution in [0.4, 0.5) is 5.69 Å². The van der Waals surface area contributed by atoms with Crippen LogP contribution in [0, 0.1) is 6.92 Å². The van der Waals surface area contributed by atoms with Gasteiger partial charge >= 0.3 is 0 Å². The van der Waals surface area contributed by atoms with Crippen molar-refractivity contribution >= 4 is 5.69 Å². The molecule has 0 aliphatic rings. The maximum absolute atomic E-state index is 5.22. The fourth-order valence-corrected chi connectivity index (χ4v) is 1.90. The van der Waals surface area contributed by atoms with Crippen molar-refractivity contribution in [2.45, 2.75) is 33.4 Å². The Morgan fingerprint density at radius 2 is 2.16 bits per heavy atom. The molecular formula is C15H21N3O. The minimum atomic E-state index is 0.381. The highest BCUT2D eigenvalue weighted by molar-refractivity contribution is 5.46. The number of aromatic nitrogens is 2. The smallest absolute Gasteiger partial charge is 0.119 e. The first-order valence-electron chi connectivity index (χ1n) is 6.52. The zero-order valence-electron chi connectivity index (χ0n) is 12.0. The molecule has 2 rings (SSSR count). The predicted octanol–water partition coefficient (Wildman–Crippen LogP) is 3.39. The van der Waals surface area contributed by atoms with Crippen LogP contribution in [0.3, 0.4) is 0 Å². The summed E-state index contributed by atoms with van der Waals surface area (Å²) in [4.78, 5) is 0. The van der Waals surface area contributed by atoms with Crippen molar-refractivity contribution in [3.05, 3.63) is 41.7 Å². The quantitative estimate of drug-likeness (QED) is 0.894. The number of rotatable bonds is 5. The van der Waals surface area contributed by atoms with E-state index in [0.717, 1.165) is 23.7 Å². The van der Waals surface area contributed by atoms with Crippen molar-refractivity contribution < 1.29 is 4.74 Å². The van der Waals surface area contributed by atoms with Crippen LogP contribution in [0.2, 0.25) is 0 Å². The summed E-state index contributed by atoms with van der Waals surface area (Å²) in [6.45, 7) is 7.03. The molecule has 0 fully saturated rings. The minimum absolute atomic E-state index is 0.381. The van der Waals surface area contributed by atoms with Gasteiger partial charge in [-0.15, -0.1) is 0 Å². The molecule has 102 valence electrons. The molecule has 1 N–H and O–H groups in total. The second-order valence-corrected chi connectivity index (χ2v) is 4.91. The first kappa shape index (κ1) is 13.5. The third-order valence-corrected chi connectivity index (χ3v) is 3.06. The molecule has 4 heteroatoms. The maximum atomic E-state index is 5.22. The van der Waals surface area contributed by atoms with E-state index in [4.69, 9.17) is 4.74 Å². The van der Waals surface area contributed by atoms with Crippen LogP contribution in [-0.4, -0.2) is 16.9 Å². The lowest BCUT2D eigenvalue weighted by molar-refractivity contribution is 0.414. The van der Waals surface area contributed by atoms with E-state index in [9.17, 15) is 0 Å². The van der Waals surface area contributed by atoms with Gasteiger partial charge in [-0.25, -0.2) is 0 Å². The SMILES string of the molecule is COc1cccc(CNc2cn(C(C)C)nc2C)c1. The normalized spacial score (nSPS) is 10.8. The van der Waals surface area contributed by atoms with Gasteiger partial charge in [-0.3, -0.25) is 4.68 Å². The molecular weight excluding hydrogens is 238 g/mol. The minimum Gasteiger partial charge on any atom is -0.497 e. The fraction of sp³-hybridized carbons (Fsp3) is 0.400. The molecule has 4 nitrogen and oxygen atoms in total. The Kier molecular flexibility index (Phi) is 4.10. The van der Waals surface area contributed by atoms with Crippen LogP contribution >= 0.6 is 0 Å². The van der Waals surface area contributed by atoms with E-state index in [2.05, 4.69) is 36.5 Å². The molecule has 0 aliphatic carbocycles. The summed E-state index contributed by atoms with van der Waals surface area (Å²) in [6, 6.07) is 8.45. The molecule has 2 aromatic rings. The van der Waals surface area contributed by atoms with Crippen LogP contribution in [0.5, 0.6) is 5.75 Å². The third kappa shape index (κ3) is 3.28. The van der Waals surface area contributed by atoms with E-state index < -0.39 is 0 Å². The van der Waals surface area contributed by atoms with Gasteiger partial charge in [0.25, 0.3) is 0 Å². The average Bonchev–Trinajstić information content (AvgIpc) is 2.78. The molecule has 0 radical (unpaired) electrons. The van der Waals surface area contributed by atoms with E-state index in [1.54, 1.807) is 7.11 Å². The number of methoxy groups -OCH3 is 1. The van der Waals surface area contributed by atoms with Crippen molar-refractivity contribution in [1.82, 2.24) is 9.78 Å². The molecule has 1 heterocycles. The lowest BCUT2D eigenvalue weighted by Gasteiger charge is -2.07. The molecule has 0 bridgehead atoms. The Bertz CT molecular complexity index is 546. The lowest BCUT2D eigenvalue weighted by atomic mass is 10.2. The number of nitrogens with one attached hydrogen (secondary N) is 1. The number of ether oxygens (including phenoxy) is 1. The Morgan fingerprint density at radius 1 is 1.37 bits per heavy atom. The van der Waals surface area contributed by atoms with E-state index >= 15 is 0 Å². The van der Waals surface area contributed by atoms with E-state index in [0.29, 0.717) is 6.04 Å². The molecule has 0 saturated heterocycles. The number of aryl methyl sites for hydroxylation is 1. The molecule has 0 unspecified atom stereocenters. The van der Waals surface area contributed by atoms with Gasteiger partial charge in [-0.05, 0) is 38.5 Å². The standard InChI is InChI=1S/C15H21N3O/c1-11(2)18-10-15(12(3)17-18)16-9-13-6-5-7-14(8-13)19-4/h5-8,10-11,16H,9H2,1-4H3. The number of nitrogens with zero attached hydrogens (tertiary/aromatic N) is 2. The van der Waals surface area contributed by atoms with E-state index in [1.807, 2.05) is 29.8 Å². The highest BCUT2D eigenvalue weighted by atomic mass is 16.5. The molecule has 1 aromatic heterocycles. The number of hydrogen-bond donors (Lipinski definition) is 1. The van der Waals surface area contributed by atoms with Crippen molar-refractivity contribution in [2.24, 2.45) is 0 Å². The predicted molar refractivity (Wildman–Crippen MR) is 77.7 cm³/mol. The summed E-state index contributed by atoms with van der Waals surface area (Å²) in [5.41, 5.74) is 3.30. The van der Waals surface area contributed by atoms with Crippen LogP contribution in [0.15, 0.2) is 30.5 Å². The average molecular weight is 259 g/mol. The van der Waals surface area contributed by atoms with E-state index in [1.165, 1.54) is 5.56 Å². The van der Waals surface area contributed by atoms with Crippen molar-refractivity contribution in [1.29, 1.82) is 0 Å². The number of anilines is 1. The summed E-state index contributed by atoms with van der Waals surface area (Å²) >= 11 is 0. The lowest BCUT2D eigenvalue weighted by Crippen LogP contribution is -2.01. The Morgan fingerprint density at radius 3 is 2.79 bits per heavy atom. The monoisotopic (exact) mass is 259 g/mol. The second kappa shape index (κ2) is 5.78. The van der Waals surface area contributed by atoms with Gasteiger partial charge in [0, 0.05) is 18.8 Å². The number of hydrogen-bond acceptors (Lipinski definition) is 3. The van der Waals surface area contributed by atoms with Gasteiger partial charge < -0.3 is 10.1 Å². The van der Waals surface area contributed by atoms with Crippen molar-refractivity contribution in [2.75, 3.05) is 12.4 Å². The molecule has 0 atom stereocenters. The largest absolute Gasteiger partial charge is 0.497 e. The summed E-state index contributed by atoms with van der Waals surface area (Å²) < 4.78 is 7.20. The van der Waals surface area contributed by atoms with Gasteiger partial charge in [-0.2, -0.15) is 5.10 Å². The van der Waals surface area contributed by atoms with Gasteiger partial charge in [0.05, 0.1) is 18.5 Å². The molecule has 0 spiro atoms. The van der Waals surface area contributed by atoms with Crippen LogP contribution in [0.1, 0.15) is 31.1 Å². The molecule has 1 aromatic carbocycles. The van der Waals surface area contributed by atoms with Crippen LogP contribution < -0.4 is 10.1 Å². The van der Waals surface area contributed by atoms with Crippen LogP contribution in [0.25, 0.3) is 0 Å². The summed E-state index contributed by atoms with van der Waals surface area (Å²) in [5, 5.41) is 7.90. The zero-order valence-corrected chi connectivity index (χ0v) is 12.0. The van der Waals surface area contributed by atoms with Gasteiger partial charge in [0.15, 0.2) is 0 Å². The van der Waals surface area contributed by atoms with Crippen molar-refractivity contribution in [3.63, 3.8) is 0 Å². The Hall–Kier alpha value is -1.97. The third-order valence-electron chi connectivity index (χ3n) is 3.06. The highest BCUT2D eigenvalue weighted by Gasteiger charge is 2.06. The topological polar surface area (TPSA) is 39.1 Å². The fourth-order valence-electron chi connectivity index (χ4n) is 1.90. The first-order chi connectivity index (χ1) is 9.10. The number of benzene rings is 1. The highest BCUT2D eigenvalue weighted by Crippen LogP contribution is 2.18. The molecule has 0 amide bonds. The van der Waals surface area contributed by atoms with Gasteiger partial charge in [0.2, 0.25) is 0 Å². The van der Waals surface area contributed by atoms with Gasteiger partial charge in [0.1, 0.15) is 5.75 Å². The first-order valence-corrected chi connectivity index (χ1v) is 6.52. The molecule has 19 heavy (non-hydrogen) atoms. The summed E-state index contributed by atoms with van der Waals surface area (Å²) in [6.07, 6.45) is 2.06. The zero-order chi connectivity index (χ0) is 13.8. The Balaban J connectivity index is 2.05.